The standard InChI is InChI=1S/C31H31N5O3S2/c32-19-21-4-3-5-23(18-21)30-34-27(25-6-1-2-7-26(25)29(37)35-31(20-33)12-13-31)28(40-30)22-8-10-24(11-9-22)36-14-16-41(38,39)17-15-36/h3-5,8-11,18,25-26H,1-2,6-7,12-17H2,(H,35,37)/t25-,26-/m1/s1. The van der Waals surface area contributed by atoms with E-state index in [9.17, 15) is 23.7 Å². The van der Waals surface area contributed by atoms with Gasteiger partial charge in [0.1, 0.15) is 10.5 Å². The fourth-order valence-corrected chi connectivity index (χ4v) is 8.26. The molecule has 2 heterocycles. The minimum absolute atomic E-state index is 0.0591. The number of nitriles is 2. The number of hydrogen-bond acceptors (Lipinski definition) is 8. The molecule has 3 aromatic rings. The van der Waals surface area contributed by atoms with Crippen molar-refractivity contribution in [1.82, 2.24) is 10.3 Å². The predicted molar refractivity (Wildman–Crippen MR) is 159 cm³/mol. The van der Waals surface area contributed by atoms with Gasteiger partial charge in [0.2, 0.25) is 5.91 Å². The molecule has 0 bridgehead atoms. The van der Waals surface area contributed by atoms with Crippen LogP contribution in [0.15, 0.2) is 48.5 Å². The first kappa shape index (κ1) is 27.4. The van der Waals surface area contributed by atoms with E-state index in [4.69, 9.17) is 4.98 Å². The first-order valence-electron chi connectivity index (χ1n) is 14.1. The molecular weight excluding hydrogens is 555 g/mol. The summed E-state index contributed by atoms with van der Waals surface area (Å²) in [6.45, 7) is 0.964. The zero-order valence-corrected chi connectivity index (χ0v) is 24.3. The van der Waals surface area contributed by atoms with E-state index in [1.54, 1.807) is 17.4 Å². The number of carbonyl (C=O) groups is 1. The zero-order chi connectivity index (χ0) is 28.6. The third-order valence-electron chi connectivity index (χ3n) is 8.51. The Labute approximate surface area is 244 Å². The second kappa shape index (κ2) is 10.9. The van der Waals surface area contributed by atoms with E-state index >= 15 is 0 Å². The second-order valence-electron chi connectivity index (χ2n) is 11.3. The summed E-state index contributed by atoms with van der Waals surface area (Å²) in [5.41, 5.74) is 3.59. The van der Waals surface area contributed by atoms with Gasteiger partial charge in [0.15, 0.2) is 9.84 Å². The van der Waals surface area contributed by atoms with Gasteiger partial charge in [-0.1, -0.05) is 37.1 Å². The summed E-state index contributed by atoms with van der Waals surface area (Å²) >= 11 is 1.57. The Kier molecular flexibility index (Phi) is 7.31. The smallest absolute Gasteiger partial charge is 0.225 e. The van der Waals surface area contributed by atoms with E-state index in [2.05, 4.69) is 34.5 Å². The average molecular weight is 586 g/mol. The number of aromatic nitrogens is 1. The second-order valence-corrected chi connectivity index (χ2v) is 14.6. The summed E-state index contributed by atoms with van der Waals surface area (Å²) < 4.78 is 23.8. The van der Waals surface area contributed by atoms with Gasteiger partial charge in [-0.3, -0.25) is 4.79 Å². The fourth-order valence-electron chi connectivity index (χ4n) is 5.92. The van der Waals surface area contributed by atoms with Crippen molar-refractivity contribution >= 4 is 32.8 Å². The molecule has 0 spiro atoms. The molecule has 0 unspecified atom stereocenters. The Balaban J connectivity index is 1.36. The lowest BCUT2D eigenvalue weighted by atomic mass is 9.76. The van der Waals surface area contributed by atoms with Gasteiger partial charge >= 0.3 is 0 Å². The van der Waals surface area contributed by atoms with Crippen LogP contribution in [0, 0.1) is 28.6 Å². The van der Waals surface area contributed by atoms with Crippen molar-refractivity contribution in [3.8, 4) is 33.2 Å². The van der Waals surface area contributed by atoms with Gasteiger partial charge in [-0.25, -0.2) is 13.4 Å². The number of nitrogens with zero attached hydrogens (tertiary/aromatic N) is 4. The summed E-state index contributed by atoms with van der Waals surface area (Å²) in [5, 5.41) is 22.9. The zero-order valence-electron chi connectivity index (χ0n) is 22.7. The van der Waals surface area contributed by atoms with Crippen molar-refractivity contribution in [3.05, 3.63) is 59.8 Å². The van der Waals surface area contributed by atoms with Crippen molar-refractivity contribution in [3.63, 3.8) is 0 Å². The van der Waals surface area contributed by atoms with Crippen LogP contribution >= 0.6 is 11.3 Å². The Morgan fingerprint density at radius 3 is 2.44 bits per heavy atom. The molecule has 2 aromatic carbocycles. The van der Waals surface area contributed by atoms with Crippen LogP contribution in [0.4, 0.5) is 5.69 Å². The van der Waals surface area contributed by atoms with Gasteiger partial charge in [0.05, 0.1) is 39.8 Å². The number of sulfone groups is 1. The van der Waals surface area contributed by atoms with Gasteiger partial charge in [0.25, 0.3) is 0 Å². The molecule has 210 valence electrons. The first-order valence-corrected chi connectivity index (χ1v) is 16.7. The highest BCUT2D eigenvalue weighted by molar-refractivity contribution is 7.91. The molecular formula is C31H31N5O3S2. The molecule has 41 heavy (non-hydrogen) atoms. The third kappa shape index (κ3) is 5.72. The highest BCUT2D eigenvalue weighted by Gasteiger charge is 2.47. The third-order valence-corrected chi connectivity index (χ3v) is 11.3. The molecule has 1 saturated heterocycles. The first-order chi connectivity index (χ1) is 19.8. The van der Waals surface area contributed by atoms with E-state index in [-0.39, 0.29) is 29.2 Å². The van der Waals surface area contributed by atoms with E-state index in [0.29, 0.717) is 31.5 Å². The van der Waals surface area contributed by atoms with Gasteiger partial charge in [-0.15, -0.1) is 11.3 Å². The minimum atomic E-state index is -2.96. The Bertz CT molecular complexity index is 1650. The maximum Gasteiger partial charge on any atom is 0.225 e. The SMILES string of the molecule is N#Cc1cccc(-c2nc([C@@H]3CCCC[C@H]3C(=O)NC3(C#N)CC3)c(-c3ccc(N4CCS(=O)(=O)CC4)cc3)s2)c1. The van der Waals surface area contributed by atoms with Crippen LogP contribution < -0.4 is 10.2 Å². The highest BCUT2D eigenvalue weighted by Crippen LogP contribution is 2.46. The van der Waals surface area contributed by atoms with E-state index in [0.717, 1.165) is 58.1 Å². The summed E-state index contributed by atoms with van der Waals surface area (Å²) in [7, 11) is -2.96. The number of nitrogens with one attached hydrogen (secondary N) is 1. The minimum Gasteiger partial charge on any atom is -0.369 e. The predicted octanol–water partition coefficient (Wildman–Crippen LogP) is 5.03. The molecule has 1 amide bonds. The van der Waals surface area contributed by atoms with E-state index < -0.39 is 15.4 Å². The van der Waals surface area contributed by atoms with Crippen molar-refractivity contribution in [2.24, 2.45) is 5.92 Å². The van der Waals surface area contributed by atoms with Gasteiger partial charge < -0.3 is 10.2 Å². The Morgan fingerprint density at radius 2 is 1.76 bits per heavy atom. The maximum atomic E-state index is 13.5. The molecule has 8 nitrogen and oxygen atoms in total. The lowest BCUT2D eigenvalue weighted by Gasteiger charge is -2.31. The van der Waals surface area contributed by atoms with Crippen molar-refractivity contribution in [1.29, 1.82) is 10.5 Å². The normalized spacial score (nSPS) is 22.7. The highest BCUT2D eigenvalue weighted by atomic mass is 32.2. The summed E-state index contributed by atoms with van der Waals surface area (Å²) in [5.74, 6) is -0.0717. The largest absolute Gasteiger partial charge is 0.369 e. The topological polar surface area (TPSA) is 127 Å². The Hall–Kier alpha value is -3.73. The summed E-state index contributed by atoms with van der Waals surface area (Å²) in [6, 6.07) is 20.1. The van der Waals surface area contributed by atoms with Crippen LogP contribution in [0.1, 0.15) is 55.7 Å². The quantitative estimate of drug-likeness (QED) is 0.430. The van der Waals surface area contributed by atoms with Crippen LogP contribution in [-0.4, -0.2) is 49.4 Å². The number of hydrogen-bond donors (Lipinski definition) is 1. The van der Waals surface area contributed by atoms with Crippen molar-refractivity contribution < 1.29 is 13.2 Å². The number of amides is 1. The van der Waals surface area contributed by atoms with Crippen molar-refractivity contribution in [2.75, 3.05) is 29.5 Å². The van der Waals surface area contributed by atoms with Gasteiger partial charge in [-0.05, 0) is 55.5 Å². The number of anilines is 1. The lowest BCUT2D eigenvalue weighted by Crippen LogP contribution is -2.42. The summed E-state index contributed by atoms with van der Waals surface area (Å²) in [6.07, 6.45) is 4.96. The molecule has 3 aliphatic rings. The molecule has 0 radical (unpaired) electrons. The number of rotatable bonds is 6. The van der Waals surface area contributed by atoms with Crippen LogP contribution in [0.2, 0.25) is 0 Å². The van der Waals surface area contributed by atoms with Gasteiger partial charge in [0, 0.05) is 36.2 Å². The van der Waals surface area contributed by atoms with E-state index in [1.807, 2.05) is 30.3 Å². The monoisotopic (exact) mass is 585 g/mol. The van der Waals surface area contributed by atoms with Gasteiger partial charge in [-0.2, -0.15) is 10.5 Å². The molecule has 2 saturated carbocycles. The van der Waals surface area contributed by atoms with Crippen LogP contribution in [0.25, 0.3) is 21.0 Å². The van der Waals surface area contributed by atoms with E-state index in [1.165, 1.54) is 0 Å². The Morgan fingerprint density at radius 1 is 1.02 bits per heavy atom. The van der Waals surface area contributed by atoms with Crippen LogP contribution in [-0.2, 0) is 14.6 Å². The molecule has 3 fully saturated rings. The van der Waals surface area contributed by atoms with Crippen LogP contribution in [0.5, 0.6) is 0 Å². The molecule has 2 aliphatic carbocycles. The van der Waals surface area contributed by atoms with Crippen molar-refractivity contribution in [2.45, 2.75) is 50.0 Å². The van der Waals surface area contributed by atoms with Crippen LogP contribution in [0.3, 0.4) is 0 Å². The maximum absolute atomic E-state index is 13.5. The summed E-state index contributed by atoms with van der Waals surface area (Å²) in [4.78, 5) is 21.7. The molecule has 6 rings (SSSR count). The number of carbonyl (C=O) groups excluding carboxylic acids is 1. The lowest BCUT2D eigenvalue weighted by molar-refractivity contribution is -0.127. The molecule has 10 heteroatoms. The number of benzene rings is 2. The molecule has 2 atom stereocenters. The molecule has 1 aromatic heterocycles. The fraction of sp³-hybridized carbons (Fsp3) is 0.419. The number of thiazole rings is 1. The average Bonchev–Trinajstić information content (AvgIpc) is 3.63. The molecule has 1 aliphatic heterocycles. The molecule has 1 N–H and O–H groups in total.